The van der Waals surface area contributed by atoms with Crippen molar-refractivity contribution in [1.29, 1.82) is 0 Å². The van der Waals surface area contributed by atoms with Gasteiger partial charge in [0, 0.05) is 24.0 Å². The SMILES string of the molecule is CC(=O)Nc1ccc(NC(=O)Cc2ccc3c(c2)CC(=O)N3)cc1. The van der Waals surface area contributed by atoms with Crippen LogP contribution in [-0.2, 0) is 27.2 Å². The first-order valence-electron chi connectivity index (χ1n) is 7.59. The van der Waals surface area contributed by atoms with E-state index in [-0.39, 0.29) is 24.1 Å². The number of hydrogen-bond acceptors (Lipinski definition) is 3. The summed E-state index contributed by atoms with van der Waals surface area (Å²) >= 11 is 0. The van der Waals surface area contributed by atoms with Gasteiger partial charge in [-0.05, 0) is 41.5 Å². The van der Waals surface area contributed by atoms with E-state index in [4.69, 9.17) is 0 Å². The number of amides is 3. The number of rotatable bonds is 4. The van der Waals surface area contributed by atoms with Crippen LogP contribution in [0.5, 0.6) is 0 Å². The molecule has 0 aliphatic carbocycles. The van der Waals surface area contributed by atoms with E-state index in [2.05, 4.69) is 16.0 Å². The number of nitrogens with one attached hydrogen (secondary N) is 3. The molecule has 6 heteroatoms. The van der Waals surface area contributed by atoms with Gasteiger partial charge in [0.15, 0.2) is 0 Å². The fourth-order valence-corrected chi connectivity index (χ4v) is 2.62. The third-order valence-corrected chi connectivity index (χ3v) is 3.65. The van der Waals surface area contributed by atoms with Crippen molar-refractivity contribution in [3.8, 4) is 0 Å². The molecule has 6 nitrogen and oxygen atoms in total. The van der Waals surface area contributed by atoms with Crippen LogP contribution in [0.4, 0.5) is 17.1 Å². The quantitative estimate of drug-likeness (QED) is 0.807. The Bertz CT molecular complexity index is 813. The van der Waals surface area contributed by atoms with Gasteiger partial charge in [-0.2, -0.15) is 0 Å². The van der Waals surface area contributed by atoms with Crippen LogP contribution >= 0.6 is 0 Å². The highest BCUT2D eigenvalue weighted by Gasteiger charge is 2.18. The minimum Gasteiger partial charge on any atom is -0.326 e. The van der Waals surface area contributed by atoms with Crippen LogP contribution in [0.1, 0.15) is 18.1 Å². The molecule has 1 aliphatic rings. The molecule has 2 aromatic carbocycles. The second-order valence-electron chi connectivity index (χ2n) is 5.70. The van der Waals surface area contributed by atoms with Gasteiger partial charge in [-0.1, -0.05) is 12.1 Å². The number of fused-ring (bicyclic) bond motifs is 1. The molecule has 0 spiro atoms. The molecule has 1 aliphatic heterocycles. The molecule has 1 heterocycles. The highest BCUT2D eigenvalue weighted by Crippen LogP contribution is 2.24. The second kappa shape index (κ2) is 6.54. The Balaban J connectivity index is 1.61. The average Bonchev–Trinajstić information content (AvgIpc) is 2.88. The lowest BCUT2D eigenvalue weighted by Gasteiger charge is -2.08. The van der Waals surface area contributed by atoms with Crippen LogP contribution in [0.15, 0.2) is 42.5 Å². The lowest BCUT2D eigenvalue weighted by Crippen LogP contribution is -2.14. The molecule has 0 radical (unpaired) electrons. The zero-order chi connectivity index (χ0) is 17.1. The summed E-state index contributed by atoms with van der Waals surface area (Å²) in [6, 6.07) is 12.5. The Morgan fingerprint density at radius 3 is 2.38 bits per heavy atom. The Morgan fingerprint density at radius 1 is 1.04 bits per heavy atom. The van der Waals surface area contributed by atoms with Crippen LogP contribution in [-0.4, -0.2) is 17.7 Å². The maximum Gasteiger partial charge on any atom is 0.228 e. The van der Waals surface area contributed by atoms with E-state index < -0.39 is 0 Å². The topological polar surface area (TPSA) is 87.3 Å². The van der Waals surface area contributed by atoms with E-state index in [1.165, 1.54) is 6.92 Å². The molecule has 0 saturated heterocycles. The highest BCUT2D eigenvalue weighted by atomic mass is 16.2. The molecule has 0 aromatic heterocycles. The van der Waals surface area contributed by atoms with Gasteiger partial charge >= 0.3 is 0 Å². The largest absolute Gasteiger partial charge is 0.326 e. The monoisotopic (exact) mass is 323 g/mol. The molecule has 0 atom stereocenters. The first kappa shape index (κ1) is 15.7. The summed E-state index contributed by atoms with van der Waals surface area (Å²) in [5.74, 6) is -0.304. The van der Waals surface area contributed by atoms with Gasteiger partial charge in [0.2, 0.25) is 17.7 Å². The predicted molar refractivity (Wildman–Crippen MR) is 91.9 cm³/mol. The summed E-state index contributed by atoms with van der Waals surface area (Å²) in [6.45, 7) is 1.44. The molecular formula is C18H17N3O3. The first-order valence-corrected chi connectivity index (χ1v) is 7.59. The lowest BCUT2D eigenvalue weighted by molar-refractivity contribution is -0.116. The minimum absolute atomic E-state index is 0.0224. The van der Waals surface area contributed by atoms with Crippen molar-refractivity contribution in [2.75, 3.05) is 16.0 Å². The van der Waals surface area contributed by atoms with Gasteiger partial charge in [0.05, 0.1) is 12.8 Å². The van der Waals surface area contributed by atoms with Gasteiger partial charge in [0.1, 0.15) is 0 Å². The van der Waals surface area contributed by atoms with E-state index in [0.717, 1.165) is 16.8 Å². The zero-order valence-electron chi connectivity index (χ0n) is 13.2. The van der Waals surface area contributed by atoms with Crippen molar-refractivity contribution in [3.63, 3.8) is 0 Å². The number of carbonyl (C=O) groups excluding carboxylic acids is 3. The Labute approximate surface area is 139 Å². The maximum atomic E-state index is 12.1. The molecule has 24 heavy (non-hydrogen) atoms. The molecule has 0 saturated carbocycles. The summed E-state index contributed by atoms with van der Waals surface area (Å²) in [5.41, 5.74) is 3.93. The fourth-order valence-electron chi connectivity index (χ4n) is 2.62. The van der Waals surface area contributed by atoms with Crippen LogP contribution in [0, 0.1) is 0 Å². The summed E-state index contributed by atoms with van der Waals surface area (Å²) < 4.78 is 0. The third-order valence-electron chi connectivity index (χ3n) is 3.65. The van der Waals surface area contributed by atoms with Crippen molar-refractivity contribution in [2.24, 2.45) is 0 Å². The molecule has 3 rings (SSSR count). The number of anilines is 3. The van der Waals surface area contributed by atoms with Crippen LogP contribution in [0.3, 0.4) is 0 Å². The van der Waals surface area contributed by atoms with E-state index in [9.17, 15) is 14.4 Å². The second-order valence-corrected chi connectivity index (χ2v) is 5.70. The summed E-state index contributed by atoms with van der Waals surface area (Å²) in [6.07, 6.45) is 0.588. The fraction of sp³-hybridized carbons (Fsp3) is 0.167. The van der Waals surface area contributed by atoms with Crippen molar-refractivity contribution >= 4 is 34.8 Å². The maximum absolute atomic E-state index is 12.1. The highest BCUT2D eigenvalue weighted by molar-refractivity contribution is 5.99. The number of carbonyl (C=O) groups is 3. The number of hydrogen-bond donors (Lipinski definition) is 3. The molecule has 0 fully saturated rings. The standard InChI is InChI=1S/C18H17N3O3/c1-11(22)19-14-3-5-15(6-4-14)20-17(23)9-12-2-7-16-13(8-12)10-18(24)21-16/h2-8H,9-10H2,1H3,(H,19,22)(H,20,23)(H,21,24). The minimum atomic E-state index is -0.142. The zero-order valence-corrected chi connectivity index (χ0v) is 13.2. The summed E-state index contributed by atoms with van der Waals surface area (Å²) in [7, 11) is 0. The van der Waals surface area contributed by atoms with Crippen molar-refractivity contribution in [3.05, 3.63) is 53.6 Å². The van der Waals surface area contributed by atoms with Gasteiger partial charge in [0.25, 0.3) is 0 Å². The third kappa shape index (κ3) is 3.78. The van der Waals surface area contributed by atoms with Crippen LogP contribution in [0.25, 0.3) is 0 Å². The van der Waals surface area contributed by atoms with E-state index in [0.29, 0.717) is 17.8 Å². The van der Waals surface area contributed by atoms with Crippen molar-refractivity contribution in [1.82, 2.24) is 0 Å². The van der Waals surface area contributed by atoms with E-state index in [1.807, 2.05) is 18.2 Å². The molecule has 0 bridgehead atoms. The van der Waals surface area contributed by atoms with Gasteiger partial charge in [-0.3, -0.25) is 14.4 Å². The Kier molecular flexibility index (Phi) is 4.29. The van der Waals surface area contributed by atoms with Gasteiger partial charge in [-0.15, -0.1) is 0 Å². The summed E-state index contributed by atoms with van der Waals surface area (Å²) in [5, 5.41) is 8.25. The van der Waals surface area contributed by atoms with Crippen LogP contribution < -0.4 is 16.0 Å². The Hall–Kier alpha value is -3.15. The van der Waals surface area contributed by atoms with Crippen molar-refractivity contribution < 1.29 is 14.4 Å². The molecule has 3 N–H and O–H groups in total. The lowest BCUT2D eigenvalue weighted by atomic mass is 10.1. The first-order chi connectivity index (χ1) is 11.5. The molecule has 122 valence electrons. The normalized spacial score (nSPS) is 12.3. The summed E-state index contributed by atoms with van der Waals surface area (Å²) in [4.78, 5) is 34.5. The van der Waals surface area contributed by atoms with Crippen molar-refractivity contribution in [2.45, 2.75) is 19.8 Å². The van der Waals surface area contributed by atoms with E-state index >= 15 is 0 Å². The molecule has 0 unspecified atom stereocenters. The van der Waals surface area contributed by atoms with Crippen LogP contribution in [0.2, 0.25) is 0 Å². The van der Waals surface area contributed by atoms with Gasteiger partial charge < -0.3 is 16.0 Å². The Morgan fingerprint density at radius 2 is 1.71 bits per heavy atom. The smallest absolute Gasteiger partial charge is 0.228 e. The average molecular weight is 323 g/mol. The molecule has 2 aromatic rings. The van der Waals surface area contributed by atoms with Gasteiger partial charge in [-0.25, -0.2) is 0 Å². The predicted octanol–water partition coefficient (Wildman–Crippen LogP) is 2.32. The number of benzene rings is 2. The molecular weight excluding hydrogens is 306 g/mol. The van der Waals surface area contributed by atoms with E-state index in [1.54, 1.807) is 24.3 Å². The molecule has 3 amide bonds.